The maximum atomic E-state index is 12.9. The van der Waals surface area contributed by atoms with Crippen LogP contribution in [0, 0.1) is 11.8 Å². The number of aromatic nitrogens is 2. The number of piperazine rings is 1. The molecule has 0 aliphatic carbocycles. The fraction of sp³-hybridized carbons (Fsp3) is 0.586. The van der Waals surface area contributed by atoms with E-state index in [1.54, 1.807) is 12.4 Å². The molecule has 0 unspecified atom stereocenters. The topological polar surface area (TPSA) is 93.7 Å². The van der Waals surface area contributed by atoms with Gasteiger partial charge >= 0.3 is 6.03 Å². The second kappa shape index (κ2) is 13.6. The Balaban J connectivity index is 1.15. The summed E-state index contributed by atoms with van der Waals surface area (Å²) in [7, 11) is 0. The molecule has 1 atom stereocenters. The van der Waals surface area contributed by atoms with E-state index in [1.165, 1.54) is 18.4 Å². The first-order valence-electron chi connectivity index (χ1n) is 14.0. The fourth-order valence-corrected chi connectivity index (χ4v) is 5.20. The second-order valence-corrected chi connectivity index (χ2v) is 11.1. The summed E-state index contributed by atoms with van der Waals surface area (Å²) in [4.78, 5) is 40.5. The molecule has 3 heterocycles. The molecule has 2 aromatic rings. The molecule has 4 rings (SSSR count). The van der Waals surface area contributed by atoms with Crippen LogP contribution in [-0.4, -0.2) is 83.6 Å². The summed E-state index contributed by atoms with van der Waals surface area (Å²) in [6.07, 6.45) is 6.57. The molecular formula is C29H43N7O2. The Bertz CT molecular complexity index is 1020. The second-order valence-electron chi connectivity index (χ2n) is 11.1. The fourth-order valence-electron chi connectivity index (χ4n) is 5.20. The zero-order valence-electron chi connectivity index (χ0n) is 23.1. The number of amides is 3. The van der Waals surface area contributed by atoms with Gasteiger partial charge in [-0.15, -0.1) is 0 Å². The SMILES string of the molecule is CC(C)CNC(=O)c1cnc(N2CCN(C(=O)NCCC3CCN(Cc4ccccc4)CC3)[C@H](C)C2)nc1. The lowest BCUT2D eigenvalue weighted by Gasteiger charge is -2.39. The van der Waals surface area contributed by atoms with E-state index >= 15 is 0 Å². The monoisotopic (exact) mass is 521 g/mol. The van der Waals surface area contributed by atoms with E-state index in [4.69, 9.17) is 0 Å². The Kier molecular flexibility index (Phi) is 9.92. The van der Waals surface area contributed by atoms with E-state index in [2.05, 4.69) is 81.5 Å². The van der Waals surface area contributed by atoms with Gasteiger partial charge < -0.3 is 20.4 Å². The van der Waals surface area contributed by atoms with Gasteiger partial charge in [-0.05, 0) is 56.7 Å². The highest BCUT2D eigenvalue weighted by Crippen LogP contribution is 2.22. The third kappa shape index (κ3) is 7.90. The van der Waals surface area contributed by atoms with Gasteiger partial charge in [-0.1, -0.05) is 44.2 Å². The Morgan fingerprint density at radius 1 is 1.00 bits per heavy atom. The van der Waals surface area contributed by atoms with E-state index in [0.29, 0.717) is 49.5 Å². The van der Waals surface area contributed by atoms with Gasteiger partial charge in [0.25, 0.3) is 5.91 Å². The van der Waals surface area contributed by atoms with Crippen molar-refractivity contribution in [1.82, 2.24) is 30.4 Å². The molecule has 9 nitrogen and oxygen atoms in total. The van der Waals surface area contributed by atoms with E-state index in [0.717, 1.165) is 32.6 Å². The molecule has 0 spiro atoms. The van der Waals surface area contributed by atoms with Gasteiger partial charge in [0.15, 0.2) is 0 Å². The first-order valence-corrected chi connectivity index (χ1v) is 14.0. The number of nitrogens with zero attached hydrogens (tertiary/aromatic N) is 5. The van der Waals surface area contributed by atoms with Crippen molar-refractivity contribution in [3.63, 3.8) is 0 Å². The quantitative estimate of drug-likeness (QED) is 0.526. The molecule has 0 saturated carbocycles. The van der Waals surface area contributed by atoms with Gasteiger partial charge in [-0.3, -0.25) is 9.69 Å². The summed E-state index contributed by atoms with van der Waals surface area (Å²) >= 11 is 0. The Morgan fingerprint density at radius 3 is 2.37 bits per heavy atom. The predicted molar refractivity (Wildman–Crippen MR) is 150 cm³/mol. The van der Waals surface area contributed by atoms with Gasteiger partial charge in [0, 0.05) is 57.7 Å². The zero-order valence-corrected chi connectivity index (χ0v) is 23.1. The summed E-state index contributed by atoms with van der Waals surface area (Å²) in [6, 6.07) is 10.7. The minimum absolute atomic E-state index is 0.0109. The van der Waals surface area contributed by atoms with Crippen LogP contribution in [0.25, 0.3) is 0 Å². The minimum atomic E-state index is -0.155. The largest absolute Gasteiger partial charge is 0.352 e. The molecule has 2 saturated heterocycles. The summed E-state index contributed by atoms with van der Waals surface area (Å²) in [6.45, 7) is 12.7. The number of piperidine rings is 1. The van der Waals surface area contributed by atoms with Crippen molar-refractivity contribution in [1.29, 1.82) is 0 Å². The van der Waals surface area contributed by atoms with Crippen molar-refractivity contribution in [2.45, 2.75) is 52.6 Å². The van der Waals surface area contributed by atoms with Crippen LogP contribution in [0.4, 0.5) is 10.7 Å². The standard InChI is InChI=1S/C29H43N7O2/c1-22(2)17-31-27(37)26-18-32-28(33-19-26)35-15-16-36(23(3)20-35)29(38)30-12-9-24-10-13-34(14-11-24)21-25-7-5-4-6-8-25/h4-8,18-19,22-24H,9-17,20-21H2,1-3H3,(H,30,38)(H,31,37)/t23-/m1/s1. The van der Waals surface area contributed by atoms with Crippen molar-refractivity contribution in [3.8, 4) is 0 Å². The van der Waals surface area contributed by atoms with Crippen molar-refractivity contribution < 1.29 is 9.59 Å². The molecule has 2 fully saturated rings. The molecule has 3 amide bonds. The Labute approximate surface area is 227 Å². The van der Waals surface area contributed by atoms with E-state index in [-0.39, 0.29) is 18.0 Å². The number of anilines is 1. The third-order valence-corrected chi connectivity index (χ3v) is 7.53. The van der Waals surface area contributed by atoms with Crippen molar-refractivity contribution in [3.05, 3.63) is 53.9 Å². The first-order chi connectivity index (χ1) is 18.4. The number of hydrogen-bond acceptors (Lipinski definition) is 6. The number of hydrogen-bond donors (Lipinski definition) is 2. The lowest BCUT2D eigenvalue weighted by molar-refractivity contribution is 0.0948. The number of nitrogens with one attached hydrogen (secondary N) is 2. The smallest absolute Gasteiger partial charge is 0.317 e. The maximum Gasteiger partial charge on any atom is 0.317 e. The van der Waals surface area contributed by atoms with Crippen molar-refractivity contribution >= 4 is 17.9 Å². The van der Waals surface area contributed by atoms with Gasteiger partial charge in [-0.25, -0.2) is 14.8 Å². The molecule has 38 heavy (non-hydrogen) atoms. The summed E-state index contributed by atoms with van der Waals surface area (Å²) in [5.41, 5.74) is 1.84. The highest BCUT2D eigenvalue weighted by atomic mass is 16.2. The molecule has 9 heteroatoms. The predicted octanol–water partition coefficient (Wildman–Crippen LogP) is 3.38. The van der Waals surface area contributed by atoms with E-state index in [9.17, 15) is 9.59 Å². The van der Waals surface area contributed by atoms with Crippen molar-refractivity contribution in [2.24, 2.45) is 11.8 Å². The molecule has 206 valence electrons. The van der Waals surface area contributed by atoms with Crippen LogP contribution in [0.5, 0.6) is 0 Å². The molecular weight excluding hydrogens is 478 g/mol. The van der Waals surface area contributed by atoms with Gasteiger partial charge in [0.05, 0.1) is 5.56 Å². The lowest BCUT2D eigenvalue weighted by Crippen LogP contribution is -2.57. The molecule has 2 N–H and O–H groups in total. The Hall–Kier alpha value is -3.20. The van der Waals surface area contributed by atoms with Gasteiger partial charge in [-0.2, -0.15) is 0 Å². The number of urea groups is 1. The number of benzene rings is 1. The molecule has 1 aromatic heterocycles. The number of carbonyl (C=O) groups is 2. The van der Waals surface area contributed by atoms with Crippen molar-refractivity contribution in [2.75, 3.05) is 50.7 Å². The summed E-state index contributed by atoms with van der Waals surface area (Å²) in [5, 5.41) is 6.04. The van der Waals surface area contributed by atoms with Crippen LogP contribution in [0.2, 0.25) is 0 Å². The molecule has 0 bridgehead atoms. The van der Waals surface area contributed by atoms with Crippen LogP contribution in [0.1, 0.15) is 56.0 Å². The van der Waals surface area contributed by atoms with Crippen LogP contribution >= 0.6 is 0 Å². The highest BCUT2D eigenvalue weighted by Gasteiger charge is 2.29. The normalized spacial score (nSPS) is 19.0. The summed E-state index contributed by atoms with van der Waals surface area (Å²) in [5.74, 6) is 1.50. The van der Waals surface area contributed by atoms with Gasteiger partial charge in [0.2, 0.25) is 5.95 Å². The van der Waals surface area contributed by atoms with Crippen LogP contribution in [0.15, 0.2) is 42.7 Å². The van der Waals surface area contributed by atoms with Crippen LogP contribution < -0.4 is 15.5 Å². The molecule has 0 radical (unpaired) electrons. The highest BCUT2D eigenvalue weighted by molar-refractivity contribution is 5.93. The van der Waals surface area contributed by atoms with E-state index in [1.807, 2.05) is 4.90 Å². The number of likely N-dealkylation sites (tertiary alicyclic amines) is 1. The van der Waals surface area contributed by atoms with Crippen LogP contribution in [-0.2, 0) is 6.54 Å². The summed E-state index contributed by atoms with van der Waals surface area (Å²) < 4.78 is 0. The molecule has 2 aliphatic heterocycles. The average Bonchev–Trinajstić information content (AvgIpc) is 2.93. The third-order valence-electron chi connectivity index (χ3n) is 7.53. The van der Waals surface area contributed by atoms with Crippen LogP contribution in [0.3, 0.4) is 0 Å². The molecule has 2 aliphatic rings. The number of rotatable bonds is 9. The first kappa shape index (κ1) is 27.8. The zero-order chi connectivity index (χ0) is 26.9. The Morgan fingerprint density at radius 2 is 1.71 bits per heavy atom. The lowest BCUT2D eigenvalue weighted by atomic mass is 9.93. The average molecular weight is 522 g/mol. The maximum absolute atomic E-state index is 12.9. The minimum Gasteiger partial charge on any atom is -0.352 e. The van der Waals surface area contributed by atoms with Gasteiger partial charge in [0.1, 0.15) is 0 Å². The molecule has 1 aromatic carbocycles. The van der Waals surface area contributed by atoms with E-state index < -0.39 is 0 Å². The number of carbonyl (C=O) groups excluding carboxylic acids is 2.